The van der Waals surface area contributed by atoms with Crippen molar-refractivity contribution >= 4 is 15.9 Å². The van der Waals surface area contributed by atoms with E-state index >= 15 is 0 Å². The van der Waals surface area contributed by atoms with Crippen molar-refractivity contribution in [1.29, 1.82) is 0 Å². The van der Waals surface area contributed by atoms with Gasteiger partial charge in [-0.05, 0) is 37.5 Å². The molecule has 4 nitrogen and oxygen atoms in total. The molecule has 110 valence electrons. The number of hydrogen-bond acceptors (Lipinski definition) is 4. The standard InChI is InChI=1S/C12H11F3O4S/c1-8(16)11(6-7-11)9-2-4-10(5-3-9)19-20(17,18)12(13,14)15/h2-5H,6-7H2,1H3. The van der Waals surface area contributed by atoms with E-state index in [9.17, 15) is 26.4 Å². The fourth-order valence-corrected chi connectivity index (χ4v) is 2.43. The number of rotatable bonds is 4. The van der Waals surface area contributed by atoms with Crippen molar-refractivity contribution in [1.82, 2.24) is 0 Å². The van der Waals surface area contributed by atoms with Crippen LogP contribution in [0, 0.1) is 0 Å². The first-order valence-electron chi connectivity index (χ1n) is 5.71. The summed E-state index contributed by atoms with van der Waals surface area (Å²) in [4.78, 5) is 11.5. The predicted octanol–water partition coefficient (Wildman–Crippen LogP) is 2.54. The van der Waals surface area contributed by atoms with Crippen LogP contribution in [0.25, 0.3) is 0 Å². The van der Waals surface area contributed by atoms with Crippen LogP contribution in [-0.2, 0) is 20.3 Å². The molecule has 0 atom stereocenters. The largest absolute Gasteiger partial charge is 0.534 e. The minimum Gasteiger partial charge on any atom is -0.376 e. The van der Waals surface area contributed by atoms with E-state index in [1.54, 1.807) is 0 Å². The highest BCUT2D eigenvalue weighted by Gasteiger charge is 2.50. The topological polar surface area (TPSA) is 60.4 Å². The number of ketones is 1. The molecule has 0 N–H and O–H groups in total. The van der Waals surface area contributed by atoms with Crippen molar-refractivity contribution in [3.8, 4) is 5.75 Å². The summed E-state index contributed by atoms with van der Waals surface area (Å²) < 4.78 is 62.1. The molecular formula is C12H11F3O4S. The molecule has 20 heavy (non-hydrogen) atoms. The second kappa shape index (κ2) is 4.47. The number of benzene rings is 1. The Balaban J connectivity index is 2.21. The Morgan fingerprint density at radius 2 is 1.70 bits per heavy atom. The zero-order valence-electron chi connectivity index (χ0n) is 10.4. The SMILES string of the molecule is CC(=O)C1(c2ccc(OS(=O)(=O)C(F)(F)F)cc2)CC1. The lowest BCUT2D eigenvalue weighted by molar-refractivity contribution is -0.119. The molecule has 1 aromatic rings. The van der Waals surface area contributed by atoms with Crippen molar-refractivity contribution in [2.24, 2.45) is 0 Å². The molecule has 0 aromatic heterocycles. The van der Waals surface area contributed by atoms with E-state index in [2.05, 4.69) is 4.18 Å². The van der Waals surface area contributed by atoms with Gasteiger partial charge in [-0.2, -0.15) is 21.6 Å². The first-order chi connectivity index (χ1) is 9.08. The summed E-state index contributed by atoms with van der Waals surface area (Å²) in [5.74, 6) is -0.459. The Labute approximate surface area is 113 Å². The van der Waals surface area contributed by atoms with Crippen molar-refractivity contribution in [3.63, 3.8) is 0 Å². The van der Waals surface area contributed by atoms with Crippen LogP contribution in [0.4, 0.5) is 13.2 Å². The van der Waals surface area contributed by atoms with Gasteiger partial charge in [0.15, 0.2) is 0 Å². The van der Waals surface area contributed by atoms with Crippen LogP contribution >= 0.6 is 0 Å². The molecule has 1 saturated carbocycles. The van der Waals surface area contributed by atoms with Crippen molar-refractivity contribution in [2.75, 3.05) is 0 Å². The lowest BCUT2D eigenvalue weighted by atomic mass is 9.92. The van der Waals surface area contributed by atoms with Crippen molar-refractivity contribution in [2.45, 2.75) is 30.7 Å². The van der Waals surface area contributed by atoms with Gasteiger partial charge in [-0.25, -0.2) is 0 Å². The first kappa shape index (κ1) is 14.8. The minimum atomic E-state index is -5.67. The Morgan fingerprint density at radius 1 is 1.20 bits per heavy atom. The molecule has 0 saturated heterocycles. The summed E-state index contributed by atoms with van der Waals surface area (Å²) in [5, 5.41) is 0. The number of carbonyl (C=O) groups is 1. The molecule has 0 bridgehead atoms. The highest BCUT2D eigenvalue weighted by atomic mass is 32.2. The predicted molar refractivity (Wildman–Crippen MR) is 63.6 cm³/mol. The van der Waals surface area contributed by atoms with E-state index in [4.69, 9.17) is 0 Å². The van der Waals surface area contributed by atoms with Crippen LogP contribution in [-0.4, -0.2) is 19.7 Å². The Bertz CT molecular complexity index is 628. The normalized spacial score (nSPS) is 17.6. The summed E-state index contributed by atoms with van der Waals surface area (Å²) in [6.45, 7) is 1.45. The number of hydrogen-bond donors (Lipinski definition) is 0. The molecular weight excluding hydrogens is 297 g/mol. The van der Waals surface area contributed by atoms with E-state index in [1.165, 1.54) is 19.1 Å². The number of alkyl halides is 3. The number of carbonyl (C=O) groups excluding carboxylic acids is 1. The lowest BCUT2D eigenvalue weighted by Gasteiger charge is -2.13. The molecule has 0 unspecified atom stereocenters. The third-order valence-electron chi connectivity index (χ3n) is 3.32. The molecule has 8 heteroatoms. The number of halogens is 3. The van der Waals surface area contributed by atoms with Gasteiger partial charge < -0.3 is 4.18 Å². The zero-order valence-corrected chi connectivity index (χ0v) is 11.2. The Hall–Kier alpha value is -1.57. The third-order valence-corrected chi connectivity index (χ3v) is 4.30. The van der Waals surface area contributed by atoms with Gasteiger partial charge in [0.2, 0.25) is 0 Å². The van der Waals surface area contributed by atoms with Crippen LogP contribution in [0.3, 0.4) is 0 Å². The number of Topliss-reactive ketones (excluding diaryl/α,β-unsaturated/α-hetero) is 1. The van der Waals surface area contributed by atoms with Crippen LogP contribution in [0.1, 0.15) is 25.3 Å². The van der Waals surface area contributed by atoms with Gasteiger partial charge in [-0.3, -0.25) is 4.79 Å². The van der Waals surface area contributed by atoms with Crippen molar-refractivity contribution in [3.05, 3.63) is 29.8 Å². The van der Waals surface area contributed by atoms with E-state index in [-0.39, 0.29) is 5.78 Å². The Morgan fingerprint density at radius 3 is 2.05 bits per heavy atom. The summed E-state index contributed by atoms with van der Waals surface area (Å²) >= 11 is 0. The van der Waals surface area contributed by atoms with E-state index in [1.807, 2.05) is 0 Å². The minimum absolute atomic E-state index is 0.0194. The molecule has 1 aliphatic carbocycles. The van der Waals surface area contributed by atoms with Gasteiger partial charge in [0.05, 0.1) is 5.41 Å². The van der Waals surface area contributed by atoms with Crippen LogP contribution in [0.2, 0.25) is 0 Å². The molecule has 0 aliphatic heterocycles. The lowest BCUT2D eigenvalue weighted by Crippen LogP contribution is -2.28. The molecule has 1 fully saturated rings. The van der Waals surface area contributed by atoms with E-state index < -0.39 is 26.8 Å². The highest BCUT2D eigenvalue weighted by molar-refractivity contribution is 7.87. The molecule has 0 spiro atoms. The molecule has 0 amide bonds. The first-order valence-corrected chi connectivity index (χ1v) is 7.12. The summed E-state index contributed by atoms with van der Waals surface area (Å²) in [6, 6.07) is 5.05. The van der Waals surface area contributed by atoms with Crippen molar-refractivity contribution < 1.29 is 30.6 Å². The van der Waals surface area contributed by atoms with Gasteiger partial charge >= 0.3 is 15.6 Å². The quantitative estimate of drug-likeness (QED) is 0.633. The average Bonchev–Trinajstić information content (AvgIpc) is 3.09. The van der Waals surface area contributed by atoms with Crippen LogP contribution in [0.5, 0.6) is 5.75 Å². The molecule has 1 aromatic carbocycles. The summed E-state index contributed by atoms with van der Waals surface area (Å²) in [5.41, 5.74) is -5.38. The van der Waals surface area contributed by atoms with Gasteiger partial charge in [0, 0.05) is 0 Å². The van der Waals surface area contributed by atoms with Gasteiger partial charge in [0.25, 0.3) is 0 Å². The molecule has 0 radical (unpaired) electrons. The molecule has 1 aliphatic rings. The van der Waals surface area contributed by atoms with E-state index in [0.717, 1.165) is 12.1 Å². The van der Waals surface area contributed by atoms with E-state index in [0.29, 0.717) is 18.4 Å². The fourth-order valence-electron chi connectivity index (χ4n) is 1.97. The smallest absolute Gasteiger partial charge is 0.376 e. The maximum Gasteiger partial charge on any atom is 0.534 e. The molecule has 2 rings (SSSR count). The zero-order chi connectivity index (χ0) is 15.2. The Kier molecular flexibility index (Phi) is 3.32. The van der Waals surface area contributed by atoms with Gasteiger partial charge in [0.1, 0.15) is 11.5 Å². The second-order valence-corrected chi connectivity index (χ2v) is 6.18. The third kappa shape index (κ3) is 2.52. The van der Waals surface area contributed by atoms with Gasteiger partial charge in [-0.15, -0.1) is 0 Å². The van der Waals surface area contributed by atoms with Crippen LogP contribution < -0.4 is 4.18 Å². The molecule has 0 heterocycles. The maximum atomic E-state index is 12.1. The monoisotopic (exact) mass is 308 g/mol. The summed E-state index contributed by atoms with van der Waals surface area (Å²) in [6.07, 6.45) is 1.37. The van der Waals surface area contributed by atoms with Crippen LogP contribution in [0.15, 0.2) is 24.3 Å². The fraction of sp³-hybridized carbons (Fsp3) is 0.417. The maximum absolute atomic E-state index is 12.1. The van der Waals surface area contributed by atoms with Gasteiger partial charge in [-0.1, -0.05) is 12.1 Å². The highest BCUT2D eigenvalue weighted by Crippen LogP contribution is 2.49. The average molecular weight is 308 g/mol. The summed E-state index contributed by atoms with van der Waals surface area (Å²) in [7, 11) is -5.67. The second-order valence-electron chi connectivity index (χ2n) is 4.65.